The Hall–Kier alpha value is -0.260. The molecular formula is C4H5IN2O. The van der Waals surface area contributed by atoms with E-state index in [1.54, 1.807) is 16.4 Å². The number of nitrogens with zero attached hydrogens (tertiary/aromatic N) is 2. The lowest BCUT2D eigenvalue weighted by Crippen LogP contribution is -2.14. The van der Waals surface area contributed by atoms with Crippen molar-refractivity contribution in [2.75, 3.05) is 7.05 Å². The van der Waals surface area contributed by atoms with Crippen molar-refractivity contribution >= 4 is 27.2 Å². The summed E-state index contributed by atoms with van der Waals surface area (Å²) in [5.41, 5.74) is 0. The Kier molecular flexibility index (Phi) is 1.72. The zero-order valence-electron chi connectivity index (χ0n) is 4.34. The van der Waals surface area contributed by atoms with Crippen molar-refractivity contribution < 1.29 is 4.79 Å². The van der Waals surface area contributed by atoms with Gasteiger partial charge in [-0.15, -0.1) is 0 Å². The van der Waals surface area contributed by atoms with Gasteiger partial charge < -0.3 is 0 Å². The monoisotopic (exact) mass is 224 g/mol. The second-order valence-corrected chi connectivity index (χ2v) is 3.74. The van der Waals surface area contributed by atoms with Gasteiger partial charge >= 0.3 is 0 Å². The molecule has 0 atom stereocenters. The third-order valence-electron chi connectivity index (χ3n) is 0.734. The standard InChI is InChI=1S/C4H5IN2O/c1-7-4(8)2-3-6-5-7/h2-3H,1H3. The van der Waals surface area contributed by atoms with Gasteiger partial charge in [0.2, 0.25) is 0 Å². The highest BCUT2D eigenvalue weighted by Gasteiger charge is 2.03. The molecule has 0 fully saturated rings. The summed E-state index contributed by atoms with van der Waals surface area (Å²) in [7, 11) is 1.77. The van der Waals surface area contributed by atoms with Crippen molar-refractivity contribution in [2.45, 2.75) is 0 Å². The van der Waals surface area contributed by atoms with Crippen molar-refractivity contribution in [3.8, 4) is 0 Å². The molecular weight excluding hydrogens is 219 g/mol. The maximum Gasteiger partial charge on any atom is 0.257 e. The zero-order valence-corrected chi connectivity index (χ0v) is 6.49. The summed E-state index contributed by atoms with van der Waals surface area (Å²) in [6.07, 6.45) is 3.05. The Morgan fingerprint density at radius 2 is 2.62 bits per heavy atom. The first-order valence-corrected chi connectivity index (χ1v) is 4.02. The van der Waals surface area contributed by atoms with E-state index in [0.717, 1.165) is 0 Å². The molecule has 1 aliphatic heterocycles. The smallest absolute Gasteiger partial charge is 0.257 e. The molecule has 0 aliphatic carbocycles. The zero-order chi connectivity index (χ0) is 5.98. The van der Waals surface area contributed by atoms with E-state index in [1.807, 2.05) is 0 Å². The molecule has 0 aromatic heterocycles. The summed E-state index contributed by atoms with van der Waals surface area (Å²) >= 11 is -0.366. The minimum Gasteiger partial charge on any atom is -0.275 e. The molecule has 3 nitrogen and oxygen atoms in total. The predicted octanol–water partition coefficient (Wildman–Crippen LogP) is 1.04. The van der Waals surface area contributed by atoms with Crippen LogP contribution in [0.1, 0.15) is 0 Å². The van der Waals surface area contributed by atoms with Gasteiger partial charge in [-0.05, 0) is 0 Å². The van der Waals surface area contributed by atoms with Crippen molar-refractivity contribution in [3.63, 3.8) is 0 Å². The quantitative estimate of drug-likeness (QED) is 0.447. The first-order valence-electron chi connectivity index (χ1n) is 2.09. The fourth-order valence-corrected chi connectivity index (χ4v) is 1.37. The number of hydrogen-bond acceptors (Lipinski definition) is 2. The van der Waals surface area contributed by atoms with Crippen molar-refractivity contribution in [1.29, 1.82) is 0 Å². The summed E-state index contributed by atoms with van der Waals surface area (Å²) in [5, 5.41) is 0. The molecule has 0 radical (unpaired) electrons. The van der Waals surface area contributed by atoms with Crippen LogP contribution >= 0.6 is 21.3 Å². The number of carbonyl (C=O) groups excluding carboxylic acids is 1. The Labute approximate surface area is 57.9 Å². The second-order valence-electron chi connectivity index (χ2n) is 1.30. The van der Waals surface area contributed by atoms with Gasteiger partial charge in [-0.2, -0.15) is 0 Å². The largest absolute Gasteiger partial charge is 0.275 e. The normalized spacial score (nSPS) is 18.6. The minimum atomic E-state index is -0.366. The lowest BCUT2D eigenvalue weighted by Gasteiger charge is -2.06. The Bertz CT molecular complexity index is 163. The van der Waals surface area contributed by atoms with Crippen LogP contribution in [-0.4, -0.2) is 16.1 Å². The van der Waals surface area contributed by atoms with Crippen molar-refractivity contribution in [3.05, 3.63) is 12.3 Å². The van der Waals surface area contributed by atoms with Crippen LogP contribution in [0.2, 0.25) is 0 Å². The first-order chi connectivity index (χ1) is 3.80. The molecule has 0 N–H and O–H groups in total. The van der Waals surface area contributed by atoms with Gasteiger partial charge in [-0.25, -0.2) is 3.15 Å². The molecule has 0 spiro atoms. The third-order valence-corrected chi connectivity index (χ3v) is 2.43. The maximum absolute atomic E-state index is 10.6. The van der Waals surface area contributed by atoms with Crippen LogP contribution < -0.4 is 0 Å². The summed E-state index contributed by atoms with van der Waals surface area (Å²) in [6, 6.07) is 0. The summed E-state index contributed by atoms with van der Waals surface area (Å²) in [5.74, 6) is 0.0767. The van der Waals surface area contributed by atoms with Crippen LogP contribution in [0.4, 0.5) is 0 Å². The lowest BCUT2D eigenvalue weighted by atomic mass is 10.6. The summed E-state index contributed by atoms with van der Waals surface area (Å²) in [6.45, 7) is 0. The van der Waals surface area contributed by atoms with Crippen LogP contribution in [0.5, 0.6) is 0 Å². The van der Waals surface area contributed by atoms with Crippen LogP contribution in [0.15, 0.2) is 15.4 Å². The van der Waals surface area contributed by atoms with E-state index in [-0.39, 0.29) is 27.2 Å². The highest BCUT2D eigenvalue weighted by Crippen LogP contribution is 2.12. The summed E-state index contributed by atoms with van der Waals surface area (Å²) < 4.78 is 5.59. The second kappa shape index (κ2) is 2.34. The van der Waals surface area contributed by atoms with Crippen LogP contribution in [-0.2, 0) is 4.79 Å². The number of rotatable bonds is 0. The molecule has 0 aromatic carbocycles. The number of halogens is 1. The molecule has 1 amide bonds. The Morgan fingerprint density at radius 1 is 1.88 bits per heavy atom. The van der Waals surface area contributed by atoms with Gasteiger partial charge in [0.05, 0.1) is 0 Å². The molecule has 1 heterocycles. The van der Waals surface area contributed by atoms with E-state index in [9.17, 15) is 4.79 Å². The van der Waals surface area contributed by atoms with E-state index < -0.39 is 0 Å². The van der Waals surface area contributed by atoms with Crippen molar-refractivity contribution in [1.82, 2.24) is 3.11 Å². The van der Waals surface area contributed by atoms with Gasteiger partial charge in [0.25, 0.3) is 5.91 Å². The molecule has 8 heavy (non-hydrogen) atoms. The molecule has 0 aromatic rings. The number of likely N-dealkylation sites (N-methyl/N-ethyl adjacent to an activating group) is 1. The van der Waals surface area contributed by atoms with Gasteiger partial charge in [-0.3, -0.25) is 7.91 Å². The van der Waals surface area contributed by atoms with Gasteiger partial charge in [-0.1, -0.05) is 0 Å². The van der Waals surface area contributed by atoms with Gasteiger partial charge in [0, 0.05) is 19.3 Å². The van der Waals surface area contributed by atoms with Crippen LogP contribution in [0, 0.1) is 0 Å². The highest BCUT2D eigenvalue weighted by molar-refractivity contribution is 14.1. The molecule has 4 heteroatoms. The van der Waals surface area contributed by atoms with Crippen LogP contribution in [0.3, 0.4) is 0 Å². The predicted molar refractivity (Wildman–Crippen MR) is 38.4 cm³/mol. The summed E-state index contributed by atoms with van der Waals surface area (Å²) in [4.78, 5) is 10.6. The highest BCUT2D eigenvalue weighted by atomic mass is 127. The number of amides is 1. The number of carbonyl (C=O) groups is 1. The Morgan fingerprint density at radius 3 is 3.00 bits per heavy atom. The fraction of sp³-hybridized carbons (Fsp3) is 0.250. The number of hydrogen-bond donors (Lipinski definition) is 0. The van der Waals surface area contributed by atoms with Crippen molar-refractivity contribution in [2.24, 2.45) is 3.15 Å². The maximum atomic E-state index is 10.6. The fourth-order valence-electron chi connectivity index (χ4n) is 0.323. The van der Waals surface area contributed by atoms with Gasteiger partial charge in [0.15, 0.2) is 0 Å². The average molecular weight is 224 g/mol. The molecule has 44 valence electrons. The molecule has 0 bridgehead atoms. The van der Waals surface area contributed by atoms with E-state index in [1.165, 1.54) is 6.08 Å². The minimum absolute atomic E-state index is 0.0767. The van der Waals surface area contributed by atoms with E-state index in [0.29, 0.717) is 0 Å². The molecule has 1 rings (SSSR count). The molecule has 0 unspecified atom stereocenters. The first kappa shape index (κ1) is 5.87. The Balaban J connectivity index is 2.74. The molecule has 1 aliphatic rings. The van der Waals surface area contributed by atoms with E-state index in [2.05, 4.69) is 3.15 Å². The van der Waals surface area contributed by atoms with Gasteiger partial charge in [0.1, 0.15) is 21.3 Å². The average Bonchev–Trinajstić information content (AvgIpc) is 1.77. The van der Waals surface area contributed by atoms with Crippen LogP contribution in [0.25, 0.3) is 0 Å². The van der Waals surface area contributed by atoms with E-state index in [4.69, 9.17) is 0 Å². The molecule has 0 saturated carbocycles. The lowest BCUT2D eigenvalue weighted by molar-refractivity contribution is -0.119. The SMILES string of the molecule is CN1I=NC=CC1=O. The van der Waals surface area contributed by atoms with E-state index >= 15 is 0 Å². The third kappa shape index (κ3) is 1.12. The topological polar surface area (TPSA) is 32.7 Å². The molecule has 0 saturated heterocycles.